The van der Waals surface area contributed by atoms with Crippen molar-refractivity contribution in [2.75, 3.05) is 31.6 Å². The molecule has 33 heavy (non-hydrogen) atoms. The number of nitrogens with zero attached hydrogens (tertiary/aromatic N) is 2. The van der Waals surface area contributed by atoms with Gasteiger partial charge in [-0.15, -0.1) is 0 Å². The Labute approximate surface area is 203 Å². The predicted molar refractivity (Wildman–Crippen MR) is 134 cm³/mol. The number of guanidine groups is 1. The molecular weight excluding hydrogens is 456 g/mol. The summed E-state index contributed by atoms with van der Waals surface area (Å²) >= 11 is 7.79. The molecular formula is C25H25ClN4O2S. The van der Waals surface area contributed by atoms with Crippen molar-refractivity contribution in [3.8, 4) is 11.5 Å². The number of halogens is 1. The summed E-state index contributed by atoms with van der Waals surface area (Å²) in [7, 11) is 0. The van der Waals surface area contributed by atoms with E-state index < -0.39 is 0 Å². The Hall–Kier alpha value is -2.71. The maximum Gasteiger partial charge on any atom is 0.206 e. The number of ether oxygens (including phenoxy) is 2. The highest BCUT2D eigenvalue weighted by Crippen LogP contribution is 2.40. The second kappa shape index (κ2) is 10.5. The van der Waals surface area contributed by atoms with Crippen LogP contribution in [0.3, 0.4) is 0 Å². The first-order chi connectivity index (χ1) is 16.2. The molecule has 170 valence electrons. The number of para-hydroxylation sites is 2. The summed E-state index contributed by atoms with van der Waals surface area (Å²) in [4.78, 5) is 8.18. The van der Waals surface area contributed by atoms with Gasteiger partial charge in [0.2, 0.25) is 5.96 Å². The van der Waals surface area contributed by atoms with Gasteiger partial charge in [0, 0.05) is 19.6 Å². The van der Waals surface area contributed by atoms with Gasteiger partial charge in [0.15, 0.2) is 5.75 Å². The molecule has 0 atom stereocenters. The van der Waals surface area contributed by atoms with Gasteiger partial charge in [-0.2, -0.15) is 0 Å². The zero-order valence-corrected chi connectivity index (χ0v) is 19.7. The fourth-order valence-corrected chi connectivity index (χ4v) is 4.60. The molecule has 0 unspecified atom stereocenters. The average Bonchev–Trinajstić information content (AvgIpc) is 2.86. The molecule has 1 fully saturated rings. The van der Waals surface area contributed by atoms with Crippen LogP contribution in [0, 0.1) is 0 Å². The van der Waals surface area contributed by atoms with Crippen LogP contribution in [0.1, 0.15) is 11.1 Å². The Morgan fingerprint density at radius 1 is 0.939 bits per heavy atom. The van der Waals surface area contributed by atoms with Crippen molar-refractivity contribution in [1.82, 2.24) is 9.62 Å². The highest BCUT2D eigenvalue weighted by Gasteiger charge is 2.19. The lowest BCUT2D eigenvalue weighted by Gasteiger charge is -2.26. The summed E-state index contributed by atoms with van der Waals surface area (Å²) in [6.07, 6.45) is 0. The lowest BCUT2D eigenvalue weighted by Crippen LogP contribution is -2.35. The van der Waals surface area contributed by atoms with Gasteiger partial charge < -0.3 is 14.8 Å². The Balaban J connectivity index is 1.24. The summed E-state index contributed by atoms with van der Waals surface area (Å²) in [5.41, 5.74) is 3.35. The fourth-order valence-electron chi connectivity index (χ4n) is 3.71. The van der Waals surface area contributed by atoms with Crippen molar-refractivity contribution in [3.63, 3.8) is 0 Å². The fraction of sp³-hybridized carbons (Fsp3) is 0.240. The minimum atomic E-state index is 0.572. The lowest BCUT2D eigenvalue weighted by atomic mass is 10.1. The van der Waals surface area contributed by atoms with Crippen LogP contribution in [0.25, 0.3) is 0 Å². The van der Waals surface area contributed by atoms with Crippen molar-refractivity contribution in [2.45, 2.75) is 18.0 Å². The van der Waals surface area contributed by atoms with E-state index in [-0.39, 0.29) is 0 Å². The van der Waals surface area contributed by atoms with E-state index in [1.54, 1.807) is 0 Å². The van der Waals surface area contributed by atoms with Gasteiger partial charge in [-0.3, -0.25) is 9.62 Å². The molecule has 0 spiro atoms. The van der Waals surface area contributed by atoms with E-state index in [4.69, 9.17) is 26.1 Å². The first-order valence-corrected chi connectivity index (χ1v) is 12.1. The summed E-state index contributed by atoms with van der Waals surface area (Å²) < 4.78 is 14.8. The van der Waals surface area contributed by atoms with Gasteiger partial charge in [-0.25, -0.2) is 4.99 Å². The third-order valence-corrected chi connectivity index (χ3v) is 6.67. The van der Waals surface area contributed by atoms with Crippen LogP contribution in [0.5, 0.6) is 11.5 Å². The van der Waals surface area contributed by atoms with Crippen LogP contribution in [-0.4, -0.2) is 37.2 Å². The van der Waals surface area contributed by atoms with Crippen molar-refractivity contribution in [2.24, 2.45) is 4.99 Å². The van der Waals surface area contributed by atoms with Crippen LogP contribution in [0.4, 0.5) is 5.69 Å². The van der Waals surface area contributed by atoms with Crippen LogP contribution in [0.15, 0.2) is 76.6 Å². The number of hydrogen-bond acceptors (Lipinski definition) is 5. The zero-order chi connectivity index (χ0) is 22.5. The first-order valence-electron chi connectivity index (χ1n) is 10.9. The summed E-state index contributed by atoms with van der Waals surface area (Å²) in [5.74, 6) is 2.02. The highest BCUT2D eigenvalue weighted by molar-refractivity contribution is 7.98. The minimum Gasteiger partial charge on any atom is -0.454 e. The number of fused-ring (bicyclic) bond motifs is 1. The molecule has 0 amide bonds. The molecule has 1 saturated heterocycles. The molecule has 0 aromatic heterocycles. The van der Waals surface area contributed by atoms with E-state index in [1.807, 2.05) is 42.5 Å². The molecule has 6 nitrogen and oxygen atoms in total. The summed E-state index contributed by atoms with van der Waals surface area (Å²) in [5, 5.41) is 3.94. The minimum absolute atomic E-state index is 0.572. The van der Waals surface area contributed by atoms with Crippen LogP contribution in [-0.2, 0) is 17.8 Å². The molecule has 2 aliphatic heterocycles. The monoisotopic (exact) mass is 480 g/mol. The van der Waals surface area contributed by atoms with Crippen LogP contribution in [0.2, 0.25) is 5.02 Å². The van der Waals surface area contributed by atoms with Gasteiger partial charge >= 0.3 is 0 Å². The van der Waals surface area contributed by atoms with Crippen molar-refractivity contribution in [1.29, 1.82) is 0 Å². The predicted octanol–water partition coefficient (Wildman–Crippen LogP) is 5.54. The second-order valence-corrected chi connectivity index (χ2v) is 9.12. The zero-order valence-electron chi connectivity index (χ0n) is 18.1. The van der Waals surface area contributed by atoms with E-state index in [0.717, 1.165) is 49.0 Å². The highest BCUT2D eigenvalue weighted by atomic mass is 35.5. The lowest BCUT2D eigenvalue weighted by molar-refractivity contribution is 0.0342. The van der Waals surface area contributed by atoms with Crippen molar-refractivity contribution >= 4 is 35.2 Å². The van der Waals surface area contributed by atoms with Gasteiger partial charge in [-0.05, 0) is 47.3 Å². The molecule has 2 aliphatic rings. The molecule has 3 aromatic rings. The molecule has 0 bridgehead atoms. The third-order valence-electron chi connectivity index (χ3n) is 5.50. The van der Waals surface area contributed by atoms with Gasteiger partial charge in [0.05, 0.1) is 35.4 Å². The maximum absolute atomic E-state index is 6.27. The topological polar surface area (TPSA) is 58.1 Å². The summed E-state index contributed by atoms with van der Waals surface area (Å²) in [6, 6.07) is 22.0. The molecule has 2 N–H and O–H groups in total. The SMILES string of the molecule is Clc1ccccc1Oc1cccc2c1NC(=NCc1ccc(CN3CCOCC3)cc1)NS2. The summed E-state index contributed by atoms with van der Waals surface area (Å²) in [6.45, 7) is 5.17. The normalized spacial score (nSPS) is 17.2. The van der Waals surface area contributed by atoms with E-state index in [9.17, 15) is 0 Å². The van der Waals surface area contributed by atoms with Crippen molar-refractivity contribution in [3.05, 3.63) is 82.9 Å². The average molecular weight is 481 g/mol. The van der Waals surface area contributed by atoms with Gasteiger partial charge in [0.25, 0.3) is 0 Å². The second-order valence-electron chi connectivity index (χ2n) is 7.86. The first kappa shape index (κ1) is 22.1. The van der Waals surface area contributed by atoms with E-state index in [0.29, 0.717) is 29.0 Å². The number of hydrogen-bond donors (Lipinski definition) is 2. The van der Waals surface area contributed by atoms with Crippen molar-refractivity contribution < 1.29 is 9.47 Å². The number of benzene rings is 3. The van der Waals surface area contributed by atoms with Gasteiger partial charge in [-0.1, -0.05) is 54.1 Å². The molecule has 8 heteroatoms. The molecule has 0 saturated carbocycles. The van der Waals surface area contributed by atoms with Crippen LogP contribution >= 0.6 is 23.5 Å². The smallest absolute Gasteiger partial charge is 0.206 e. The standard InChI is InChI=1S/C25H25ClN4O2S/c26-20-4-1-2-5-21(20)32-22-6-3-7-23-24(22)28-25(29-33-23)27-16-18-8-10-19(11-9-18)17-30-12-14-31-15-13-30/h1-11H,12-17H2,(H2,27,28,29). The maximum atomic E-state index is 6.27. The van der Waals surface area contributed by atoms with E-state index in [1.165, 1.54) is 17.5 Å². The Bertz CT molecular complexity index is 1130. The van der Waals surface area contributed by atoms with Gasteiger partial charge in [0.1, 0.15) is 5.75 Å². The van der Waals surface area contributed by atoms with Crippen LogP contribution < -0.4 is 14.8 Å². The van der Waals surface area contributed by atoms with E-state index in [2.05, 4.69) is 39.2 Å². The molecule has 3 aromatic carbocycles. The number of morpholine rings is 1. The van der Waals surface area contributed by atoms with E-state index >= 15 is 0 Å². The Kier molecular flexibility index (Phi) is 7.02. The molecule has 0 radical (unpaired) electrons. The quantitative estimate of drug-likeness (QED) is 0.451. The number of aliphatic imine (C=N–C) groups is 1. The number of rotatable bonds is 6. The largest absolute Gasteiger partial charge is 0.454 e. The molecule has 0 aliphatic carbocycles. The third kappa shape index (κ3) is 5.62. The Morgan fingerprint density at radius 3 is 2.52 bits per heavy atom. The Morgan fingerprint density at radius 2 is 1.70 bits per heavy atom. The molecule has 5 rings (SSSR count). The number of anilines is 1. The number of nitrogens with one attached hydrogen (secondary N) is 2. The molecule has 2 heterocycles.